The van der Waals surface area contributed by atoms with Crippen LogP contribution in [-0.2, 0) is 14.3 Å². The third kappa shape index (κ3) is 1.19. The molecule has 0 amide bonds. The lowest BCUT2D eigenvalue weighted by atomic mass is 9.93. The number of carbonyl (C=O) groups is 1. The molecule has 0 aromatic carbocycles. The van der Waals surface area contributed by atoms with Crippen LogP contribution in [0.15, 0.2) is 24.3 Å². The Morgan fingerprint density at radius 2 is 2.14 bits per heavy atom. The zero-order valence-corrected chi connectivity index (χ0v) is 8.06. The predicted molar refractivity (Wildman–Crippen MR) is 48.7 cm³/mol. The molecule has 1 fully saturated rings. The van der Waals surface area contributed by atoms with Crippen molar-refractivity contribution in [2.75, 3.05) is 0 Å². The Kier molecular flexibility index (Phi) is 1.81. The van der Waals surface area contributed by atoms with Crippen molar-refractivity contribution in [3.8, 4) is 0 Å². The van der Waals surface area contributed by atoms with Crippen LogP contribution in [0, 0.1) is 0 Å². The minimum atomic E-state index is -1.35. The van der Waals surface area contributed by atoms with Crippen LogP contribution < -0.4 is 0 Å². The van der Waals surface area contributed by atoms with E-state index in [1.54, 1.807) is 32.1 Å². The first-order chi connectivity index (χ1) is 6.46. The van der Waals surface area contributed by atoms with Crippen LogP contribution in [0.1, 0.15) is 13.8 Å². The van der Waals surface area contributed by atoms with Crippen molar-refractivity contribution < 1.29 is 19.4 Å². The molecule has 2 rings (SSSR count). The van der Waals surface area contributed by atoms with E-state index in [-0.39, 0.29) is 0 Å². The van der Waals surface area contributed by atoms with Gasteiger partial charge in [0.15, 0.2) is 5.79 Å². The summed E-state index contributed by atoms with van der Waals surface area (Å²) in [6, 6.07) is 0. The molecule has 2 atom stereocenters. The molecule has 1 aliphatic carbocycles. The zero-order chi connectivity index (χ0) is 10.4. The minimum Gasteiger partial charge on any atom is -0.479 e. The van der Waals surface area contributed by atoms with Gasteiger partial charge in [-0.15, -0.1) is 0 Å². The second-order valence-electron chi connectivity index (χ2n) is 3.88. The fraction of sp³-hybridized carbons (Fsp3) is 0.500. The third-order valence-corrected chi connectivity index (χ3v) is 2.32. The topological polar surface area (TPSA) is 55.8 Å². The van der Waals surface area contributed by atoms with Gasteiger partial charge in [0.05, 0.1) is 0 Å². The fourth-order valence-corrected chi connectivity index (χ4v) is 1.79. The van der Waals surface area contributed by atoms with Gasteiger partial charge in [-0.2, -0.15) is 0 Å². The molecule has 0 aromatic heterocycles. The highest BCUT2D eigenvalue weighted by molar-refractivity contribution is 5.82. The summed E-state index contributed by atoms with van der Waals surface area (Å²) in [5.74, 6) is -1.88. The number of ether oxygens (including phenoxy) is 2. The molecule has 1 heterocycles. The van der Waals surface area contributed by atoms with Gasteiger partial charge in [0.25, 0.3) is 0 Å². The van der Waals surface area contributed by atoms with Crippen LogP contribution in [0.3, 0.4) is 0 Å². The number of fused-ring (bicyclic) bond motifs is 1. The van der Waals surface area contributed by atoms with Crippen LogP contribution in [0.4, 0.5) is 0 Å². The van der Waals surface area contributed by atoms with E-state index >= 15 is 0 Å². The van der Waals surface area contributed by atoms with E-state index in [4.69, 9.17) is 14.6 Å². The van der Waals surface area contributed by atoms with Crippen molar-refractivity contribution in [2.24, 2.45) is 0 Å². The van der Waals surface area contributed by atoms with Gasteiger partial charge in [0.1, 0.15) is 6.10 Å². The first-order valence-corrected chi connectivity index (χ1v) is 4.44. The smallest absolute Gasteiger partial charge is 0.343 e. The van der Waals surface area contributed by atoms with Gasteiger partial charge >= 0.3 is 5.97 Å². The Hall–Kier alpha value is -1.13. The molecule has 14 heavy (non-hydrogen) atoms. The van der Waals surface area contributed by atoms with Crippen molar-refractivity contribution in [1.29, 1.82) is 0 Å². The molecular weight excluding hydrogens is 184 g/mol. The Morgan fingerprint density at radius 3 is 2.71 bits per heavy atom. The molecule has 0 saturated carbocycles. The molecule has 0 radical (unpaired) electrons. The summed E-state index contributed by atoms with van der Waals surface area (Å²) in [7, 11) is 0. The van der Waals surface area contributed by atoms with Gasteiger partial charge < -0.3 is 14.6 Å². The lowest BCUT2D eigenvalue weighted by Gasteiger charge is -2.25. The Balaban J connectivity index is 2.42. The molecule has 1 aliphatic heterocycles. The van der Waals surface area contributed by atoms with Gasteiger partial charge in [0, 0.05) is 0 Å². The zero-order valence-electron chi connectivity index (χ0n) is 8.06. The number of allylic oxidation sites excluding steroid dienone is 2. The molecule has 2 aliphatic rings. The van der Waals surface area contributed by atoms with E-state index in [9.17, 15) is 4.79 Å². The van der Waals surface area contributed by atoms with Crippen molar-refractivity contribution in [1.82, 2.24) is 0 Å². The van der Waals surface area contributed by atoms with Crippen molar-refractivity contribution in [3.05, 3.63) is 24.3 Å². The van der Waals surface area contributed by atoms with E-state index in [1.165, 1.54) is 6.08 Å². The highest BCUT2D eigenvalue weighted by atomic mass is 16.8. The first kappa shape index (κ1) is 9.43. The molecule has 1 N–H and O–H groups in total. The van der Waals surface area contributed by atoms with Crippen molar-refractivity contribution in [2.45, 2.75) is 31.3 Å². The third-order valence-electron chi connectivity index (χ3n) is 2.32. The summed E-state index contributed by atoms with van der Waals surface area (Å²) in [5, 5.41) is 9.14. The van der Waals surface area contributed by atoms with Crippen LogP contribution in [0.25, 0.3) is 0 Å². The van der Waals surface area contributed by atoms with Crippen molar-refractivity contribution in [3.63, 3.8) is 0 Å². The molecule has 0 unspecified atom stereocenters. The maximum absolute atomic E-state index is 11.2. The fourth-order valence-electron chi connectivity index (χ4n) is 1.79. The van der Waals surface area contributed by atoms with E-state index in [0.717, 1.165) is 0 Å². The SMILES string of the molecule is CC1(C)O[C@@H]2C=CC=C[C@]2(C(=O)O)O1. The standard InChI is InChI=1S/C10H12O4/c1-9(2)13-7-5-3-4-6-10(7,14-9)8(11)12/h3-7H,1-2H3,(H,11,12)/t7-,10+/m1/s1. The predicted octanol–water partition coefficient (Wildman–Crippen LogP) is 1.09. The monoisotopic (exact) mass is 196 g/mol. The van der Waals surface area contributed by atoms with Crippen LogP contribution in [-0.4, -0.2) is 28.6 Å². The quantitative estimate of drug-likeness (QED) is 0.682. The molecular formula is C10H12O4. The average Bonchev–Trinajstić information content (AvgIpc) is 2.35. The van der Waals surface area contributed by atoms with E-state index < -0.39 is 23.5 Å². The molecule has 4 heteroatoms. The van der Waals surface area contributed by atoms with Gasteiger partial charge in [-0.25, -0.2) is 4.79 Å². The molecule has 1 saturated heterocycles. The van der Waals surface area contributed by atoms with Crippen molar-refractivity contribution >= 4 is 5.97 Å². The Bertz CT molecular complexity index is 329. The minimum absolute atomic E-state index is 0.542. The molecule has 76 valence electrons. The van der Waals surface area contributed by atoms with Crippen LogP contribution >= 0.6 is 0 Å². The summed E-state index contributed by atoms with van der Waals surface area (Å²) < 4.78 is 10.9. The number of rotatable bonds is 1. The second-order valence-corrected chi connectivity index (χ2v) is 3.88. The summed E-state index contributed by atoms with van der Waals surface area (Å²) in [6.07, 6.45) is 6.10. The summed E-state index contributed by atoms with van der Waals surface area (Å²) in [6.45, 7) is 3.41. The van der Waals surface area contributed by atoms with Gasteiger partial charge in [-0.1, -0.05) is 18.2 Å². The normalized spacial score (nSPS) is 38.3. The van der Waals surface area contributed by atoms with Gasteiger partial charge in [-0.05, 0) is 19.9 Å². The average molecular weight is 196 g/mol. The van der Waals surface area contributed by atoms with E-state index in [2.05, 4.69) is 0 Å². The van der Waals surface area contributed by atoms with Gasteiger partial charge in [-0.3, -0.25) is 0 Å². The molecule has 0 aromatic rings. The lowest BCUT2D eigenvalue weighted by molar-refractivity contribution is -0.177. The maximum atomic E-state index is 11.2. The largest absolute Gasteiger partial charge is 0.479 e. The Labute approximate surface area is 81.8 Å². The number of aliphatic carboxylic acids is 1. The molecule has 4 nitrogen and oxygen atoms in total. The molecule has 0 bridgehead atoms. The second kappa shape index (κ2) is 2.68. The Morgan fingerprint density at radius 1 is 1.43 bits per heavy atom. The number of carboxylic acids is 1. The lowest BCUT2D eigenvalue weighted by Crippen LogP contribution is -2.46. The summed E-state index contributed by atoms with van der Waals surface area (Å²) >= 11 is 0. The van der Waals surface area contributed by atoms with Gasteiger partial charge in [0.2, 0.25) is 5.60 Å². The number of hydrogen-bond acceptors (Lipinski definition) is 3. The number of hydrogen-bond donors (Lipinski definition) is 1. The van der Waals surface area contributed by atoms with Crippen LogP contribution in [0.2, 0.25) is 0 Å². The summed E-state index contributed by atoms with van der Waals surface area (Å²) in [4.78, 5) is 11.2. The highest BCUT2D eigenvalue weighted by Gasteiger charge is 2.56. The van der Waals surface area contributed by atoms with E-state index in [1.807, 2.05) is 0 Å². The number of carboxylic acid groups (broad SMARTS) is 1. The molecule has 0 spiro atoms. The highest BCUT2D eigenvalue weighted by Crippen LogP contribution is 2.39. The van der Waals surface area contributed by atoms with E-state index in [0.29, 0.717) is 0 Å². The maximum Gasteiger partial charge on any atom is 0.343 e. The van der Waals surface area contributed by atoms with Crippen LogP contribution in [0.5, 0.6) is 0 Å². The summed E-state index contributed by atoms with van der Waals surface area (Å²) in [5.41, 5.74) is -1.35. The first-order valence-electron chi connectivity index (χ1n) is 4.44.